The van der Waals surface area contributed by atoms with Crippen LogP contribution in [-0.2, 0) is 0 Å². The van der Waals surface area contributed by atoms with E-state index in [0.717, 1.165) is 11.6 Å². The molecule has 1 heterocycles. The van der Waals surface area contributed by atoms with E-state index in [9.17, 15) is 0 Å². The van der Waals surface area contributed by atoms with Crippen LogP contribution in [0.15, 0.2) is 34.2 Å². The van der Waals surface area contributed by atoms with Crippen LogP contribution in [0, 0.1) is 6.58 Å². The summed E-state index contributed by atoms with van der Waals surface area (Å²) in [4.78, 5) is 3.39. The van der Waals surface area contributed by atoms with Crippen molar-refractivity contribution >= 4 is 17.4 Å². The van der Waals surface area contributed by atoms with E-state index in [1.165, 1.54) is 10.6 Å². The van der Waals surface area contributed by atoms with E-state index in [1.807, 2.05) is 12.1 Å². The Morgan fingerprint density at radius 2 is 2.17 bits per heavy atom. The maximum atomic E-state index is 5.85. The number of hydrogen-bond donors (Lipinski definition) is 0. The molecular formula is C10H10NS. The first kappa shape index (κ1) is 7.74. The molecule has 0 spiro atoms. The molecule has 1 aromatic carbocycles. The highest BCUT2D eigenvalue weighted by atomic mass is 32.2. The van der Waals surface area contributed by atoms with Gasteiger partial charge in [-0.05, 0) is 25.6 Å². The molecule has 0 saturated carbocycles. The van der Waals surface area contributed by atoms with Crippen molar-refractivity contribution in [1.29, 1.82) is 0 Å². The maximum Gasteiger partial charge on any atom is 0.0802 e. The minimum Gasteiger partial charge on any atom is -0.335 e. The highest BCUT2D eigenvalue weighted by Crippen LogP contribution is 2.44. The molecule has 0 unspecified atom stereocenters. The number of thioether (sulfide) groups is 1. The fraction of sp³-hybridized carbons (Fsp3) is 0.200. The molecule has 0 N–H and O–H groups in total. The van der Waals surface area contributed by atoms with Gasteiger partial charge in [0.25, 0.3) is 0 Å². The first-order valence-corrected chi connectivity index (χ1v) is 4.81. The molecule has 0 bridgehead atoms. The second kappa shape index (κ2) is 2.87. The summed E-state index contributed by atoms with van der Waals surface area (Å²) in [6, 6.07) is 8.28. The Bertz CT molecular complexity index is 319. The largest absolute Gasteiger partial charge is 0.335 e. The quantitative estimate of drug-likeness (QED) is 0.647. The second-order valence-corrected chi connectivity index (χ2v) is 3.71. The zero-order valence-electron chi connectivity index (χ0n) is 6.95. The van der Waals surface area contributed by atoms with Gasteiger partial charge in [-0.3, -0.25) is 0 Å². The van der Waals surface area contributed by atoms with E-state index in [0.29, 0.717) is 0 Å². The lowest BCUT2D eigenvalue weighted by atomic mass is 10.3. The predicted molar refractivity (Wildman–Crippen MR) is 53.1 cm³/mol. The molecule has 1 aromatic rings. The van der Waals surface area contributed by atoms with Gasteiger partial charge in [-0.2, -0.15) is 0 Å². The van der Waals surface area contributed by atoms with Crippen LogP contribution in [-0.4, -0.2) is 6.54 Å². The van der Waals surface area contributed by atoms with E-state index in [2.05, 4.69) is 24.0 Å². The number of rotatable bonds is 1. The number of fused-ring (bicyclic) bond motifs is 1. The molecule has 1 radical (unpaired) electrons. The number of hydrogen-bond acceptors (Lipinski definition) is 2. The van der Waals surface area contributed by atoms with Crippen LogP contribution in [0.4, 0.5) is 5.69 Å². The Morgan fingerprint density at radius 1 is 1.42 bits per heavy atom. The van der Waals surface area contributed by atoms with Gasteiger partial charge in [0.05, 0.1) is 10.7 Å². The summed E-state index contributed by atoms with van der Waals surface area (Å²) < 4.78 is 0. The molecule has 0 saturated heterocycles. The Kier molecular flexibility index (Phi) is 1.85. The van der Waals surface area contributed by atoms with Crippen molar-refractivity contribution in [3.63, 3.8) is 0 Å². The van der Waals surface area contributed by atoms with Crippen molar-refractivity contribution in [2.75, 3.05) is 11.4 Å². The summed E-state index contributed by atoms with van der Waals surface area (Å²) in [6.07, 6.45) is 0. The Hall–Kier alpha value is -0.890. The van der Waals surface area contributed by atoms with Crippen molar-refractivity contribution in [2.24, 2.45) is 0 Å². The van der Waals surface area contributed by atoms with Gasteiger partial charge in [0, 0.05) is 11.4 Å². The zero-order valence-corrected chi connectivity index (χ0v) is 7.77. The average molecular weight is 176 g/mol. The lowest BCUT2D eigenvalue weighted by Gasteiger charge is -2.15. The van der Waals surface area contributed by atoms with Gasteiger partial charge >= 0.3 is 0 Å². The third-order valence-electron chi connectivity index (χ3n) is 1.95. The molecule has 0 aromatic heterocycles. The molecule has 1 aliphatic heterocycles. The third kappa shape index (κ3) is 1.03. The number of benzene rings is 1. The summed E-state index contributed by atoms with van der Waals surface area (Å²) in [5.74, 6) is 0. The van der Waals surface area contributed by atoms with E-state index in [-0.39, 0.29) is 0 Å². The second-order valence-electron chi connectivity index (χ2n) is 2.65. The van der Waals surface area contributed by atoms with Crippen LogP contribution in [0.25, 0.3) is 0 Å². The number of anilines is 1. The third-order valence-corrected chi connectivity index (χ3v) is 2.95. The van der Waals surface area contributed by atoms with Crippen LogP contribution in [0.5, 0.6) is 0 Å². The summed E-state index contributed by atoms with van der Waals surface area (Å²) in [6.45, 7) is 8.89. The minimum absolute atomic E-state index is 0.888. The molecule has 0 atom stereocenters. The Labute approximate surface area is 77.1 Å². The van der Waals surface area contributed by atoms with Crippen molar-refractivity contribution in [3.05, 3.63) is 35.9 Å². The van der Waals surface area contributed by atoms with Gasteiger partial charge in [0.2, 0.25) is 0 Å². The van der Waals surface area contributed by atoms with Crippen LogP contribution in [0.1, 0.15) is 6.92 Å². The number of nitrogens with zero attached hydrogens (tertiary/aromatic N) is 1. The molecule has 0 fully saturated rings. The molecule has 2 heteroatoms. The van der Waals surface area contributed by atoms with Gasteiger partial charge in [0.15, 0.2) is 0 Å². The smallest absolute Gasteiger partial charge is 0.0802 e. The molecule has 12 heavy (non-hydrogen) atoms. The monoisotopic (exact) mass is 176 g/mol. The highest BCUT2D eigenvalue weighted by molar-refractivity contribution is 8.03. The normalized spacial score (nSPS) is 15.1. The lowest BCUT2D eigenvalue weighted by molar-refractivity contribution is 1.00. The maximum absolute atomic E-state index is 5.85. The number of para-hydroxylation sites is 1. The molecule has 0 amide bonds. The molecule has 2 rings (SSSR count). The summed E-state index contributed by atoms with van der Waals surface area (Å²) in [5.41, 5.74) is 1.24. The molecule has 1 nitrogen and oxygen atoms in total. The summed E-state index contributed by atoms with van der Waals surface area (Å²) >= 11 is 1.64. The zero-order chi connectivity index (χ0) is 8.55. The predicted octanol–water partition coefficient (Wildman–Crippen LogP) is 2.89. The van der Waals surface area contributed by atoms with Crippen molar-refractivity contribution in [1.82, 2.24) is 0 Å². The molecule has 1 aliphatic rings. The summed E-state index contributed by atoms with van der Waals surface area (Å²) in [7, 11) is 0. The van der Waals surface area contributed by atoms with E-state index in [1.54, 1.807) is 11.8 Å². The van der Waals surface area contributed by atoms with Gasteiger partial charge < -0.3 is 4.90 Å². The Balaban J connectivity index is 2.47. The fourth-order valence-electron chi connectivity index (χ4n) is 1.38. The minimum atomic E-state index is 0.888. The van der Waals surface area contributed by atoms with Gasteiger partial charge in [-0.15, -0.1) is 0 Å². The van der Waals surface area contributed by atoms with Gasteiger partial charge in [0.1, 0.15) is 0 Å². The first-order valence-electron chi connectivity index (χ1n) is 3.99. The first-order chi connectivity index (χ1) is 5.83. The standard InChI is InChI=1S/C10H10NS/c1-3-11-8(2)12-10-7-5-4-6-9(10)11/h2,4-7H,3H2,1H3. The van der Waals surface area contributed by atoms with Crippen LogP contribution in [0.3, 0.4) is 0 Å². The van der Waals surface area contributed by atoms with Crippen molar-refractivity contribution in [3.8, 4) is 0 Å². The lowest BCUT2D eigenvalue weighted by Crippen LogP contribution is -2.15. The van der Waals surface area contributed by atoms with E-state index >= 15 is 0 Å². The average Bonchev–Trinajstić information content (AvgIpc) is 2.40. The van der Waals surface area contributed by atoms with E-state index < -0.39 is 0 Å². The fourth-order valence-corrected chi connectivity index (χ4v) is 2.37. The van der Waals surface area contributed by atoms with Crippen molar-refractivity contribution in [2.45, 2.75) is 11.8 Å². The van der Waals surface area contributed by atoms with Gasteiger partial charge in [-0.25, -0.2) is 0 Å². The van der Waals surface area contributed by atoms with Crippen LogP contribution < -0.4 is 4.90 Å². The van der Waals surface area contributed by atoms with Crippen LogP contribution in [0.2, 0.25) is 0 Å². The summed E-state index contributed by atoms with van der Waals surface area (Å²) in [5, 5.41) is 0.888. The topological polar surface area (TPSA) is 3.24 Å². The molecular weight excluding hydrogens is 166 g/mol. The SMILES string of the molecule is [CH]=C1Sc2ccccc2N1CC. The Morgan fingerprint density at radius 3 is 2.92 bits per heavy atom. The van der Waals surface area contributed by atoms with E-state index in [4.69, 9.17) is 6.58 Å². The van der Waals surface area contributed by atoms with Crippen LogP contribution >= 0.6 is 11.8 Å². The molecule has 61 valence electrons. The van der Waals surface area contributed by atoms with Gasteiger partial charge in [-0.1, -0.05) is 23.9 Å². The highest BCUT2D eigenvalue weighted by Gasteiger charge is 2.20. The molecule has 0 aliphatic carbocycles. The van der Waals surface area contributed by atoms with Crippen molar-refractivity contribution < 1.29 is 0 Å².